The van der Waals surface area contributed by atoms with Crippen molar-refractivity contribution in [3.8, 4) is 0 Å². The Morgan fingerprint density at radius 2 is 1.94 bits per heavy atom. The number of benzene rings is 1. The minimum Gasteiger partial charge on any atom is -0.447 e. The maximum absolute atomic E-state index is 12.8. The van der Waals surface area contributed by atoms with E-state index < -0.39 is 11.6 Å². The first-order valence-corrected chi connectivity index (χ1v) is 11.6. The van der Waals surface area contributed by atoms with Crippen molar-refractivity contribution in [3.05, 3.63) is 58.9 Å². The Hall–Kier alpha value is -3.53. The average molecular weight is 480 g/mol. The molecule has 2 saturated carbocycles. The second kappa shape index (κ2) is 7.76. The molecule has 0 unspecified atom stereocenters. The predicted molar refractivity (Wildman–Crippen MR) is 123 cm³/mol. The highest BCUT2D eigenvalue weighted by Crippen LogP contribution is 2.47. The highest BCUT2D eigenvalue weighted by atomic mass is 35.5. The van der Waals surface area contributed by atoms with Gasteiger partial charge in [-0.3, -0.25) is 9.36 Å². The molecule has 3 aliphatic rings. The lowest BCUT2D eigenvalue weighted by Crippen LogP contribution is -2.37. The number of carbonyl (C=O) groups is 2. The van der Waals surface area contributed by atoms with Crippen LogP contribution in [0.25, 0.3) is 0 Å². The Labute approximate surface area is 200 Å². The maximum Gasteiger partial charge on any atom is 0.417 e. The molecule has 3 fully saturated rings. The van der Waals surface area contributed by atoms with Gasteiger partial charge in [-0.1, -0.05) is 11.6 Å². The molecule has 34 heavy (non-hydrogen) atoms. The van der Waals surface area contributed by atoms with Crippen molar-refractivity contribution in [2.24, 2.45) is 5.92 Å². The van der Waals surface area contributed by atoms with Crippen molar-refractivity contribution in [1.82, 2.24) is 24.5 Å². The molecule has 1 atom stereocenters. The monoisotopic (exact) mass is 479 g/mol. The van der Waals surface area contributed by atoms with Gasteiger partial charge in [0, 0.05) is 16.8 Å². The van der Waals surface area contributed by atoms with Crippen LogP contribution in [-0.4, -0.2) is 49.2 Å². The molecule has 174 valence electrons. The van der Waals surface area contributed by atoms with E-state index in [0.29, 0.717) is 40.8 Å². The van der Waals surface area contributed by atoms with Crippen molar-refractivity contribution in [2.45, 2.75) is 44.2 Å². The van der Waals surface area contributed by atoms with Crippen LogP contribution >= 0.6 is 11.6 Å². The third-order valence-electron chi connectivity index (χ3n) is 6.52. The summed E-state index contributed by atoms with van der Waals surface area (Å²) in [5.41, 5.74) is 0.773. The molecule has 3 aromatic rings. The summed E-state index contributed by atoms with van der Waals surface area (Å²) in [6, 6.07) is 6.69. The quantitative estimate of drug-likeness (QED) is 0.570. The number of aromatic nitrogens is 5. The molecule has 2 aromatic heterocycles. The fourth-order valence-corrected chi connectivity index (χ4v) is 4.46. The number of anilines is 2. The van der Waals surface area contributed by atoms with E-state index in [1.165, 1.54) is 10.9 Å². The molecule has 0 spiro atoms. The van der Waals surface area contributed by atoms with E-state index in [9.17, 15) is 9.59 Å². The minimum atomic E-state index is -0.474. The zero-order chi connectivity index (χ0) is 23.4. The number of cyclic esters (lactones) is 1. The third kappa shape index (κ3) is 3.77. The van der Waals surface area contributed by atoms with Crippen LogP contribution < -0.4 is 10.2 Å². The lowest BCUT2D eigenvalue weighted by molar-refractivity contribution is 0.0959. The lowest BCUT2D eigenvalue weighted by atomic mass is 10.2. The van der Waals surface area contributed by atoms with Gasteiger partial charge in [-0.25, -0.2) is 14.7 Å². The first-order chi connectivity index (χ1) is 16.4. The summed E-state index contributed by atoms with van der Waals surface area (Å²) >= 11 is 5.93. The number of carbonyl (C=O) groups excluding carboxylic acids is 2. The number of amides is 1. The molecule has 1 saturated heterocycles. The highest BCUT2D eigenvalue weighted by molar-refractivity contribution is 6.30. The summed E-state index contributed by atoms with van der Waals surface area (Å²) < 4.78 is 6.74. The van der Waals surface area contributed by atoms with Crippen LogP contribution in [0.4, 0.5) is 16.7 Å². The molecular weight excluding hydrogens is 458 g/mol. The van der Waals surface area contributed by atoms with Gasteiger partial charge >= 0.3 is 6.09 Å². The SMILES string of the molecule is Cc1nc(NC2(c3cn(C(=O)c4ccc(Cl)cc4)cn3)CC2)nc(N2C(=O)OC[C@@H]2C2CC2)n1. The normalized spacial score (nSPS) is 20.8. The van der Waals surface area contributed by atoms with Crippen LogP contribution in [0, 0.1) is 12.8 Å². The van der Waals surface area contributed by atoms with Gasteiger partial charge in [0.15, 0.2) is 0 Å². The summed E-state index contributed by atoms with van der Waals surface area (Å²) in [5.74, 6) is 1.41. The zero-order valence-electron chi connectivity index (χ0n) is 18.4. The van der Waals surface area contributed by atoms with E-state index in [2.05, 4.69) is 25.3 Å². The Morgan fingerprint density at radius 3 is 2.65 bits per heavy atom. The summed E-state index contributed by atoms with van der Waals surface area (Å²) in [4.78, 5) is 44.6. The molecule has 3 heterocycles. The fourth-order valence-electron chi connectivity index (χ4n) is 4.33. The third-order valence-corrected chi connectivity index (χ3v) is 6.77. The van der Waals surface area contributed by atoms with E-state index >= 15 is 0 Å². The highest BCUT2D eigenvalue weighted by Gasteiger charge is 2.48. The van der Waals surface area contributed by atoms with E-state index in [0.717, 1.165) is 31.4 Å². The summed E-state index contributed by atoms with van der Waals surface area (Å²) in [6.45, 7) is 2.13. The van der Waals surface area contributed by atoms with Gasteiger partial charge in [0.25, 0.3) is 5.91 Å². The van der Waals surface area contributed by atoms with Crippen LogP contribution in [-0.2, 0) is 10.3 Å². The molecule has 0 radical (unpaired) electrons. The van der Waals surface area contributed by atoms with E-state index in [1.54, 1.807) is 42.3 Å². The van der Waals surface area contributed by atoms with Gasteiger partial charge in [-0.05, 0) is 62.8 Å². The average Bonchev–Trinajstić information content (AvgIpc) is 3.72. The molecule has 1 amide bonds. The Morgan fingerprint density at radius 1 is 1.18 bits per heavy atom. The Balaban J connectivity index is 1.24. The van der Waals surface area contributed by atoms with Gasteiger partial charge < -0.3 is 10.1 Å². The number of aryl methyl sites for hydroxylation is 1. The first-order valence-electron chi connectivity index (χ1n) is 11.2. The molecule has 1 aliphatic heterocycles. The molecule has 1 N–H and O–H groups in total. The largest absolute Gasteiger partial charge is 0.447 e. The van der Waals surface area contributed by atoms with Crippen LogP contribution in [0.15, 0.2) is 36.8 Å². The topological polar surface area (TPSA) is 115 Å². The first kappa shape index (κ1) is 21.0. The number of hydrogen-bond acceptors (Lipinski definition) is 8. The number of imidazole rings is 1. The molecule has 0 bridgehead atoms. The van der Waals surface area contributed by atoms with E-state index in [1.807, 2.05) is 0 Å². The number of rotatable bonds is 6. The van der Waals surface area contributed by atoms with Gasteiger partial charge in [0.1, 0.15) is 18.8 Å². The molecular formula is C23H22ClN7O3. The van der Waals surface area contributed by atoms with Crippen LogP contribution in [0.3, 0.4) is 0 Å². The van der Waals surface area contributed by atoms with Gasteiger partial charge in [-0.15, -0.1) is 0 Å². The standard InChI is InChI=1S/C23H22ClN7O3/c1-13-26-20(28-21(27-13)31-17(14-2-3-14)11-34-22(31)33)29-23(8-9-23)18-10-30(12-25-18)19(32)15-4-6-16(24)7-5-15/h4-7,10,12,14,17H,2-3,8-9,11H2,1H3,(H,26,27,28,29)/t17-/m1/s1. The number of nitrogens with zero attached hydrogens (tertiary/aromatic N) is 6. The Kier molecular flexibility index (Phi) is 4.80. The number of hydrogen-bond donors (Lipinski definition) is 1. The summed E-state index contributed by atoms with van der Waals surface area (Å²) in [6.07, 6.45) is 6.60. The van der Waals surface area contributed by atoms with Crippen LogP contribution in [0.2, 0.25) is 5.02 Å². The zero-order valence-corrected chi connectivity index (χ0v) is 19.2. The van der Waals surface area contributed by atoms with E-state index in [-0.39, 0.29) is 11.9 Å². The van der Waals surface area contributed by atoms with Crippen molar-refractivity contribution in [1.29, 1.82) is 0 Å². The van der Waals surface area contributed by atoms with Crippen molar-refractivity contribution >= 4 is 35.5 Å². The van der Waals surface area contributed by atoms with Crippen molar-refractivity contribution in [3.63, 3.8) is 0 Å². The second-order valence-corrected chi connectivity index (χ2v) is 9.48. The lowest BCUT2D eigenvalue weighted by Gasteiger charge is -2.21. The molecule has 6 rings (SSSR count). The second-order valence-electron chi connectivity index (χ2n) is 9.04. The molecule has 10 nitrogen and oxygen atoms in total. The molecule has 2 aliphatic carbocycles. The molecule has 1 aromatic carbocycles. The Bertz CT molecular complexity index is 1280. The fraction of sp³-hybridized carbons (Fsp3) is 0.391. The summed E-state index contributed by atoms with van der Waals surface area (Å²) in [7, 11) is 0. The van der Waals surface area contributed by atoms with Crippen molar-refractivity contribution < 1.29 is 14.3 Å². The number of nitrogens with one attached hydrogen (secondary N) is 1. The van der Waals surface area contributed by atoms with Gasteiger partial charge in [-0.2, -0.15) is 15.0 Å². The number of ether oxygens (including phenoxy) is 1. The van der Waals surface area contributed by atoms with E-state index in [4.69, 9.17) is 16.3 Å². The number of halogens is 1. The predicted octanol–water partition coefficient (Wildman–Crippen LogP) is 3.55. The minimum absolute atomic E-state index is 0.0355. The van der Waals surface area contributed by atoms with Gasteiger partial charge in [0.05, 0.1) is 17.3 Å². The maximum atomic E-state index is 12.8. The summed E-state index contributed by atoms with van der Waals surface area (Å²) in [5, 5.41) is 3.95. The molecule has 11 heteroatoms. The van der Waals surface area contributed by atoms with Crippen LogP contribution in [0.5, 0.6) is 0 Å². The van der Waals surface area contributed by atoms with Crippen molar-refractivity contribution in [2.75, 3.05) is 16.8 Å². The van der Waals surface area contributed by atoms with Crippen LogP contribution in [0.1, 0.15) is 47.6 Å². The van der Waals surface area contributed by atoms with Gasteiger partial charge in [0.2, 0.25) is 11.9 Å². The smallest absolute Gasteiger partial charge is 0.417 e.